The molecular formula is C21H29N3O4. The van der Waals surface area contributed by atoms with Crippen LogP contribution < -0.4 is 10.6 Å². The number of benzene rings is 1. The van der Waals surface area contributed by atoms with Crippen molar-refractivity contribution in [2.75, 3.05) is 13.2 Å². The average molecular weight is 387 g/mol. The summed E-state index contributed by atoms with van der Waals surface area (Å²) >= 11 is 0. The molecule has 1 aromatic heterocycles. The van der Waals surface area contributed by atoms with Crippen molar-refractivity contribution < 1.29 is 19.8 Å². The molecule has 7 nitrogen and oxygen atoms in total. The van der Waals surface area contributed by atoms with Crippen molar-refractivity contribution in [3.8, 4) is 0 Å². The molecule has 0 saturated heterocycles. The number of aromatic nitrogens is 1. The van der Waals surface area contributed by atoms with E-state index >= 15 is 0 Å². The molecular weight excluding hydrogens is 358 g/mol. The van der Waals surface area contributed by atoms with E-state index in [4.69, 9.17) is 5.11 Å². The van der Waals surface area contributed by atoms with E-state index < -0.39 is 12.0 Å². The Kier molecular flexibility index (Phi) is 8.22. The van der Waals surface area contributed by atoms with Crippen molar-refractivity contribution >= 4 is 22.7 Å². The number of allylic oxidation sites excluding steroid dienone is 1. The molecule has 1 heterocycles. The Morgan fingerprint density at radius 3 is 2.64 bits per heavy atom. The van der Waals surface area contributed by atoms with Gasteiger partial charge in [-0.3, -0.25) is 9.59 Å². The molecule has 0 saturated carbocycles. The molecule has 3 atom stereocenters. The van der Waals surface area contributed by atoms with E-state index in [0.29, 0.717) is 12.8 Å². The predicted molar refractivity (Wildman–Crippen MR) is 109 cm³/mol. The van der Waals surface area contributed by atoms with Gasteiger partial charge in [0, 0.05) is 29.6 Å². The lowest BCUT2D eigenvalue weighted by molar-refractivity contribution is -0.131. The molecule has 7 heteroatoms. The van der Waals surface area contributed by atoms with E-state index in [2.05, 4.69) is 22.2 Å². The summed E-state index contributed by atoms with van der Waals surface area (Å²) in [5, 5.41) is 25.3. The predicted octanol–water partition coefficient (Wildman–Crippen LogP) is 1.27. The number of aliphatic hydroxyl groups excluding tert-OH is 2. The van der Waals surface area contributed by atoms with Crippen LogP contribution in [0.2, 0.25) is 0 Å². The highest BCUT2D eigenvalue weighted by Gasteiger charge is 2.24. The van der Waals surface area contributed by atoms with Crippen LogP contribution in [0.15, 0.2) is 43.1 Å². The fourth-order valence-corrected chi connectivity index (χ4v) is 3.13. The number of carbonyl (C=O) groups excluding carboxylic acids is 2. The second kappa shape index (κ2) is 10.6. The zero-order valence-electron chi connectivity index (χ0n) is 16.1. The van der Waals surface area contributed by atoms with Crippen LogP contribution in [-0.2, 0) is 16.0 Å². The first kappa shape index (κ1) is 21.7. The van der Waals surface area contributed by atoms with Gasteiger partial charge in [-0.15, -0.1) is 6.58 Å². The van der Waals surface area contributed by atoms with Crippen molar-refractivity contribution in [3.63, 3.8) is 0 Å². The molecule has 0 radical (unpaired) electrons. The van der Waals surface area contributed by atoms with Gasteiger partial charge in [-0.2, -0.15) is 0 Å². The molecule has 2 amide bonds. The first-order valence-corrected chi connectivity index (χ1v) is 9.45. The molecule has 2 aromatic rings. The summed E-state index contributed by atoms with van der Waals surface area (Å²) in [7, 11) is 0. The summed E-state index contributed by atoms with van der Waals surface area (Å²) in [5.41, 5.74) is 2.00. The number of aromatic amines is 1. The third kappa shape index (κ3) is 5.94. The summed E-state index contributed by atoms with van der Waals surface area (Å²) in [5.74, 6) is -1.19. The molecule has 0 unspecified atom stereocenters. The standard InChI is InChI=1S/C21H29N3O4/c1-3-6-15(10-20(27)23-14(2)12-25)21(28)24-17(13-26)9-16-11-22-19-8-5-4-7-18(16)19/h3-5,7-8,11,14-15,17,22,25-26H,1,6,9-10,12-13H2,2H3,(H,23,27)(H,24,28)/t14-,15-,17+/m1/s1. The van der Waals surface area contributed by atoms with Crippen LogP contribution in [0, 0.1) is 5.92 Å². The minimum absolute atomic E-state index is 0.00652. The van der Waals surface area contributed by atoms with E-state index in [0.717, 1.165) is 16.5 Å². The quantitative estimate of drug-likeness (QED) is 0.374. The molecule has 1 aromatic carbocycles. The Hall–Kier alpha value is -2.64. The van der Waals surface area contributed by atoms with Crippen LogP contribution in [0.25, 0.3) is 10.9 Å². The highest BCUT2D eigenvalue weighted by molar-refractivity contribution is 5.86. The lowest BCUT2D eigenvalue weighted by Crippen LogP contribution is -2.44. The number of carbonyl (C=O) groups is 2. The summed E-state index contributed by atoms with van der Waals surface area (Å²) in [4.78, 5) is 27.9. The fraction of sp³-hybridized carbons (Fsp3) is 0.429. The van der Waals surface area contributed by atoms with Crippen LogP contribution in [0.5, 0.6) is 0 Å². The van der Waals surface area contributed by atoms with Gasteiger partial charge in [0.1, 0.15) is 0 Å². The summed E-state index contributed by atoms with van der Waals surface area (Å²) < 4.78 is 0. The van der Waals surface area contributed by atoms with Crippen molar-refractivity contribution in [1.29, 1.82) is 0 Å². The number of H-pyrrole nitrogens is 1. The maximum atomic E-state index is 12.7. The first-order chi connectivity index (χ1) is 13.5. The maximum absolute atomic E-state index is 12.7. The largest absolute Gasteiger partial charge is 0.394 e. The summed E-state index contributed by atoms with van der Waals surface area (Å²) in [6.45, 7) is 4.97. The molecule has 152 valence electrons. The summed E-state index contributed by atoms with van der Waals surface area (Å²) in [6, 6.07) is 7.02. The maximum Gasteiger partial charge on any atom is 0.224 e. The van der Waals surface area contributed by atoms with Crippen LogP contribution in [0.4, 0.5) is 0 Å². The van der Waals surface area contributed by atoms with Gasteiger partial charge in [-0.1, -0.05) is 24.3 Å². The number of aliphatic hydroxyl groups is 2. The number of hydrogen-bond donors (Lipinski definition) is 5. The van der Waals surface area contributed by atoms with Crippen LogP contribution in [0.1, 0.15) is 25.3 Å². The topological polar surface area (TPSA) is 114 Å². The molecule has 0 aliphatic heterocycles. The van der Waals surface area contributed by atoms with Crippen molar-refractivity contribution in [3.05, 3.63) is 48.7 Å². The van der Waals surface area contributed by atoms with Gasteiger partial charge < -0.3 is 25.8 Å². The number of fused-ring (bicyclic) bond motifs is 1. The molecule has 0 spiro atoms. The van der Waals surface area contributed by atoms with Gasteiger partial charge in [0.2, 0.25) is 11.8 Å². The molecule has 0 aliphatic rings. The minimum Gasteiger partial charge on any atom is -0.394 e. The van der Waals surface area contributed by atoms with Gasteiger partial charge >= 0.3 is 0 Å². The molecule has 2 rings (SSSR count). The van der Waals surface area contributed by atoms with Crippen molar-refractivity contribution in [2.45, 2.75) is 38.3 Å². The number of hydrogen-bond acceptors (Lipinski definition) is 4. The number of amides is 2. The highest BCUT2D eigenvalue weighted by atomic mass is 16.3. The second-order valence-electron chi connectivity index (χ2n) is 7.03. The normalized spacial score (nSPS) is 14.2. The Balaban J connectivity index is 2.01. The van der Waals surface area contributed by atoms with E-state index in [1.807, 2.05) is 30.5 Å². The van der Waals surface area contributed by atoms with Gasteiger partial charge in [-0.05, 0) is 31.4 Å². The van der Waals surface area contributed by atoms with E-state index in [1.165, 1.54) is 0 Å². The second-order valence-corrected chi connectivity index (χ2v) is 7.03. The highest BCUT2D eigenvalue weighted by Crippen LogP contribution is 2.19. The summed E-state index contributed by atoms with van der Waals surface area (Å²) in [6.07, 6.45) is 4.29. The Bertz CT molecular complexity index is 802. The Labute approximate surface area is 164 Å². The van der Waals surface area contributed by atoms with Crippen LogP contribution >= 0.6 is 0 Å². The SMILES string of the molecule is C=CC[C@H](CC(=O)N[C@H](C)CO)C(=O)N[C@H](CO)Cc1c[nH]c2ccccc12. The third-order valence-corrected chi connectivity index (χ3v) is 4.64. The van der Waals surface area contributed by atoms with E-state index in [-0.39, 0.29) is 37.5 Å². The molecule has 0 bridgehead atoms. The fourth-order valence-electron chi connectivity index (χ4n) is 3.13. The van der Waals surface area contributed by atoms with Crippen LogP contribution in [-0.4, -0.2) is 52.3 Å². The molecule has 0 aliphatic carbocycles. The van der Waals surface area contributed by atoms with Gasteiger partial charge in [0.05, 0.1) is 25.2 Å². The molecule has 5 N–H and O–H groups in total. The van der Waals surface area contributed by atoms with Gasteiger partial charge in [0.15, 0.2) is 0 Å². The van der Waals surface area contributed by atoms with Crippen molar-refractivity contribution in [2.24, 2.45) is 5.92 Å². The monoisotopic (exact) mass is 387 g/mol. The number of para-hydroxylation sites is 1. The Morgan fingerprint density at radius 1 is 1.21 bits per heavy atom. The first-order valence-electron chi connectivity index (χ1n) is 9.45. The zero-order valence-corrected chi connectivity index (χ0v) is 16.1. The lowest BCUT2D eigenvalue weighted by Gasteiger charge is -2.21. The third-order valence-electron chi connectivity index (χ3n) is 4.64. The smallest absolute Gasteiger partial charge is 0.224 e. The van der Waals surface area contributed by atoms with E-state index in [1.54, 1.807) is 13.0 Å². The van der Waals surface area contributed by atoms with Gasteiger partial charge in [0.25, 0.3) is 0 Å². The Morgan fingerprint density at radius 2 is 1.96 bits per heavy atom. The minimum atomic E-state index is -0.583. The van der Waals surface area contributed by atoms with E-state index in [9.17, 15) is 14.7 Å². The molecule has 0 fully saturated rings. The molecule has 28 heavy (non-hydrogen) atoms. The van der Waals surface area contributed by atoms with Crippen LogP contribution in [0.3, 0.4) is 0 Å². The number of nitrogens with one attached hydrogen (secondary N) is 3. The number of rotatable bonds is 11. The zero-order chi connectivity index (χ0) is 20.5. The van der Waals surface area contributed by atoms with Crippen molar-refractivity contribution in [1.82, 2.24) is 15.6 Å². The average Bonchev–Trinajstić information content (AvgIpc) is 3.09. The lowest BCUT2D eigenvalue weighted by atomic mass is 9.98. The van der Waals surface area contributed by atoms with Gasteiger partial charge in [-0.25, -0.2) is 0 Å².